The van der Waals surface area contributed by atoms with Gasteiger partial charge in [0, 0.05) is 25.2 Å². The quantitative estimate of drug-likeness (QED) is 0.124. The average molecular weight is 736 g/mol. The number of thiocarbonyl (C=S) groups is 2. The molecule has 1 fully saturated rings. The van der Waals surface area contributed by atoms with Crippen LogP contribution < -0.4 is 15.1 Å². The normalized spacial score (nSPS) is 12.9. The summed E-state index contributed by atoms with van der Waals surface area (Å²) in [4.78, 5) is 37.7. The lowest BCUT2D eigenvalue weighted by Crippen LogP contribution is -2.44. The van der Waals surface area contributed by atoms with Crippen LogP contribution in [0.1, 0.15) is 50.2 Å². The molecule has 0 bridgehead atoms. The number of aryl methyl sites for hydroxylation is 2. The Morgan fingerprint density at radius 2 is 1.42 bits per heavy atom. The molecule has 0 spiro atoms. The van der Waals surface area contributed by atoms with Crippen molar-refractivity contribution in [2.75, 3.05) is 15.1 Å². The van der Waals surface area contributed by atoms with Gasteiger partial charge in [-0.2, -0.15) is 4.99 Å². The van der Waals surface area contributed by atoms with E-state index in [2.05, 4.69) is 52.2 Å². The molecule has 0 unspecified atom stereocenters. The van der Waals surface area contributed by atoms with Gasteiger partial charge in [0.2, 0.25) is 0 Å². The second kappa shape index (κ2) is 16.8. The Morgan fingerprint density at radius 1 is 0.865 bits per heavy atom. The number of benzene rings is 2. The molecule has 0 aliphatic carbocycles. The summed E-state index contributed by atoms with van der Waals surface area (Å²) in [5.74, 6) is -1.46. The number of pyridine rings is 2. The molecule has 1 amide bonds. The minimum absolute atomic E-state index is 0.0561. The molecule has 0 atom stereocenters. The number of halogens is 2. The molecule has 2 aromatic heterocycles. The van der Waals surface area contributed by atoms with Gasteiger partial charge in [0.05, 0.1) is 47.8 Å². The number of hydrogen-bond acceptors (Lipinski definition) is 7. The standard InChI is InChI=1S/C19H17FN4OS.C10H13N3.C9H5FN2S/c1-11-6-7-13(10-22-11)24-18(26)23(17(25)19(24,3)4)15-9-8-14(21-5)12(2)16(15)20;1-8-5-6-9(7-12-8)13-10(2,3)11-4;1-6-7(11-2)3-4-8(9(6)10)12-5-13/h6-10H,1-4H3;5-7,13H,1-3H3;3-4H,1H3. The second-order valence-electron chi connectivity index (χ2n) is 12.5. The number of nitrogens with zero attached hydrogens (tertiary/aromatic N) is 8. The minimum atomic E-state index is -0.993. The smallest absolute Gasteiger partial charge is 0.299 e. The van der Waals surface area contributed by atoms with Crippen LogP contribution in [0.4, 0.5) is 42.9 Å². The third-order valence-electron chi connectivity index (χ3n) is 7.79. The van der Waals surface area contributed by atoms with Crippen molar-refractivity contribution in [3.8, 4) is 0 Å². The first kappa shape index (κ1) is 40.5. The van der Waals surface area contributed by atoms with Crippen LogP contribution in [0.5, 0.6) is 0 Å². The predicted octanol–water partition coefficient (Wildman–Crippen LogP) is 10.2. The molecule has 1 N–H and O–H groups in total. The number of rotatable bonds is 5. The van der Waals surface area contributed by atoms with Crippen molar-refractivity contribution in [3.05, 3.63) is 129 Å². The van der Waals surface area contributed by atoms with Gasteiger partial charge in [-0.05, 0) is 114 Å². The number of amides is 1. The first-order valence-corrected chi connectivity index (χ1v) is 16.4. The molecule has 14 heteroatoms. The van der Waals surface area contributed by atoms with Crippen LogP contribution in [-0.4, -0.2) is 37.4 Å². The van der Waals surface area contributed by atoms with Crippen LogP contribution in [0.2, 0.25) is 0 Å². The van der Waals surface area contributed by atoms with Gasteiger partial charge >= 0.3 is 0 Å². The van der Waals surface area contributed by atoms with E-state index in [1.807, 2.05) is 52.0 Å². The molecule has 3 heterocycles. The maximum Gasteiger partial charge on any atom is 0.299 e. The van der Waals surface area contributed by atoms with Gasteiger partial charge in [-0.25, -0.2) is 25.0 Å². The zero-order valence-corrected chi connectivity index (χ0v) is 31.5. The topological polar surface area (TPSA) is 86.8 Å². The van der Waals surface area contributed by atoms with Gasteiger partial charge in [0.1, 0.15) is 22.9 Å². The zero-order chi connectivity index (χ0) is 39.0. The van der Waals surface area contributed by atoms with E-state index in [0.29, 0.717) is 16.9 Å². The van der Waals surface area contributed by atoms with Gasteiger partial charge in [-0.1, -0.05) is 12.1 Å². The molecule has 1 aliphatic heterocycles. The Hall–Kier alpha value is -5.97. The van der Waals surface area contributed by atoms with Crippen molar-refractivity contribution >= 4 is 74.7 Å². The van der Waals surface area contributed by atoms with Crippen LogP contribution in [0.3, 0.4) is 0 Å². The molecular formula is C38H35F2N9OS2. The monoisotopic (exact) mass is 735 g/mol. The van der Waals surface area contributed by atoms with E-state index >= 15 is 0 Å². The number of hydrogen-bond donors (Lipinski definition) is 1. The number of anilines is 3. The number of carbonyl (C=O) groups is 1. The summed E-state index contributed by atoms with van der Waals surface area (Å²) in [6.07, 6.45) is 3.38. The highest BCUT2D eigenvalue weighted by atomic mass is 32.1. The Morgan fingerprint density at radius 3 is 1.92 bits per heavy atom. The molecule has 4 aromatic rings. The predicted molar refractivity (Wildman–Crippen MR) is 208 cm³/mol. The largest absolute Gasteiger partial charge is 0.313 e. The van der Waals surface area contributed by atoms with Gasteiger partial charge in [-0.15, -0.1) is 0 Å². The summed E-state index contributed by atoms with van der Waals surface area (Å²) in [7, 11) is 0. The molecular weight excluding hydrogens is 701 g/mol. The van der Waals surface area contributed by atoms with E-state index < -0.39 is 22.8 Å². The molecule has 1 saturated heterocycles. The second-order valence-corrected chi connectivity index (χ2v) is 13.0. The van der Waals surface area contributed by atoms with E-state index in [-0.39, 0.29) is 33.6 Å². The highest BCUT2D eigenvalue weighted by Crippen LogP contribution is 2.39. The Balaban J connectivity index is 0.000000235. The van der Waals surface area contributed by atoms with Gasteiger partial charge < -0.3 is 10.2 Å². The van der Waals surface area contributed by atoms with Crippen molar-refractivity contribution in [2.45, 2.75) is 66.6 Å². The number of aromatic nitrogens is 2. The molecule has 10 nitrogen and oxygen atoms in total. The average Bonchev–Trinajstić information content (AvgIpc) is 3.29. The fraction of sp³-hybridized carbons (Fsp3) is 0.263. The maximum absolute atomic E-state index is 14.9. The van der Waals surface area contributed by atoms with E-state index in [1.165, 1.54) is 43.0 Å². The van der Waals surface area contributed by atoms with Gasteiger partial charge in [-0.3, -0.25) is 24.5 Å². The van der Waals surface area contributed by atoms with Crippen molar-refractivity contribution in [1.82, 2.24) is 9.97 Å². The van der Waals surface area contributed by atoms with Crippen molar-refractivity contribution in [2.24, 2.45) is 4.99 Å². The van der Waals surface area contributed by atoms with E-state index in [0.717, 1.165) is 17.1 Å². The summed E-state index contributed by atoms with van der Waals surface area (Å²) in [6, 6.07) is 13.4. The minimum Gasteiger partial charge on any atom is -0.313 e. The molecule has 264 valence electrons. The van der Waals surface area contributed by atoms with E-state index in [9.17, 15) is 13.6 Å². The van der Waals surface area contributed by atoms with Gasteiger partial charge in [0.25, 0.3) is 11.6 Å². The highest BCUT2D eigenvalue weighted by Gasteiger charge is 2.51. The number of carbonyl (C=O) groups excluding carboxylic acids is 1. The summed E-state index contributed by atoms with van der Waals surface area (Å²) in [5, 5.41) is 5.34. The fourth-order valence-corrected chi connectivity index (χ4v) is 5.44. The summed E-state index contributed by atoms with van der Waals surface area (Å²) in [6.45, 7) is 34.8. The summed E-state index contributed by atoms with van der Waals surface area (Å²) < 4.78 is 28.2. The maximum atomic E-state index is 14.9. The van der Waals surface area contributed by atoms with Gasteiger partial charge in [0.15, 0.2) is 16.5 Å². The molecule has 1 aliphatic rings. The lowest BCUT2D eigenvalue weighted by molar-refractivity contribution is -0.120. The zero-order valence-electron chi connectivity index (χ0n) is 29.8. The first-order valence-electron chi connectivity index (χ1n) is 15.6. The van der Waals surface area contributed by atoms with Crippen molar-refractivity contribution in [1.29, 1.82) is 0 Å². The number of isothiocyanates is 1. The Bertz CT molecular complexity index is 2180. The summed E-state index contributed by atoms with van der Waals surface area (Å²) >= 11 is 9.88. The fourth-order valence-electron chi connectivity index (χ4n) is 4.83. The van der Waals surface area contributed by atoms with Crippen LogP contribution in [-0.2, 0) is 4.79 Å². The molecule has 0 radical (unpaired) electrons. The molecule has 2 aromatic carbocycles. The van der Waals surface area contributed by atoms with Crippen LogP contribution in [0.15, 0.2) is 65.9 Å². The van der Waals surface area contributed by atoms with Crippen LogP contribution in [0.25, 0.3) is 14.5 Å². The van der Waals surface area contributed by atoms with Crippen LogP contribution >= 0.6 is 24.4 Å². The van der Waals surface area contributed by atoms with Crippen molar-refractivity contribution in [3.63, 3.8) is 0 Å². The highest BCUT2D eigenvalue weighted by molar-refractivity contribution is 7.81. The Labute approximate surface area is 313 Å². The lowest BCUT2D eigenvalue weighted by Gasteiger charge is -2.29. The number of aliphatic imine (C=N–C) groups is 1. The van der Waals surface area contributed by atoms with Crippen molar-refractivity contribution < 1.29 is 13.6 Å². The number of nitrogens with one attached hydrogen (secondary N) is 1. The third kappa shape index (κ3) is 9.03. The van der Waals surface area contributed by atoms with Crippen LogP contribution in [0, 0.1) is 59.0 Å². The SMILES string of the molecule is [C-]#[N+]C(C)(C)Nc1ccc(C)nc1.[C-]#[N+]c1ccc(N2C(=O)C(C)(C)N(c3ccc(C)nc3)C2=S)c(F)c1C.[C-]#[N+]c1ccc(N=C=S)c(F)c1C. The first-order chi connectivity index (χ1) is 24.4. The molecule has 52 heavy (non-hydrogen) atoms. The molecule has 0 saturated carbocycles. The summed E-state index contributed by atoms with van der Waals surface area (Å²) in [5.41, 5.74) is 2.99. The Kier molecular flexibility index (Phi) is 13.1. The van der Waals surface area contributed by atoms with E-state index in [1.54, 1.807) is 31.1 Å². The lowest BCUT2D eigenvalue weighted by atomic mass is 10.0. The molecule has 5 rings (SSSR count). The van der Waals surface area contributed by atoms with E-state index in [4.69, 9.17) is 31.9 Å². The third-order valence-corrected chi connectivity index (χ3v) is 8.24.